The van der Waals surface area contributed by atoms with E-state index < -0.39 is 63.5 Å². The van der Waals surface area contributed by atoms with Gasteiger partial charge >= 0.3 is 5.97 Å². The SMILES string of the molecule is CCC(CS(=O)(=O)C(C)C)N1C(=O)[C@@H](CC(=O)O)O[C@H](c2cc(F)cc(Cl)c2)C1c1ccc(Cl)cc1. The first-order chi connectivity index (χ1) is 16.8. The van der Waals surface area contributed by atoms with E-state index in [4.69, 9.17) is 27.9 Å². The molecule has 7 nitrogen and oxygen atoms in total. The number of ether oxygens (including phenoxy) is 1. The number of sulfone groups is 1. The van der Waals surface area contributed by atoms with Crippen LogP contribution in [0.4, 0.5) is 4.39 Å². The highest BCUT2D eigenvalue weighted by Crippen LogP contribution is 2.45. The third kappa shape index (κ3) is 6.37. The summed E-state index contributed by atoms with van der Waals surface area (Å²) in [5.41, 5.74) is 0.849. The van der Waals surface area contributed by atoms with Crippen LogP contribution in [0.3, 0.4) is 0 Å². The van der Waals surface area contributed by atoms with Crippen molar-refractivity contribution in [2.24, 2.45) is 0 Å². The zero-order valence-electron chi connectivity index (χ0n) is 20.0. The normalized spacial score (nSPS) is 21.6. The first-order valence-electron chi connectivity index (χ1n) is 11.5. The summed E-state index contributed by atoms with van der Waals surface area (Å²) in [6.45, 7) is 4.87. The smallest absolute Gasteiger partial charge is 0.306 e. The Morgan fingerprint density at radius 3 is 2.28 bits per heavy atom. The summed E-state index contributed by atoms with van der Waals surface area (Å²) in [5.74, 6) is -2.88. The van der Waals surface area contributed by atoms with Crippen LogP contribution in [0.15, 0.2) is 42.5 Å². The molecule has 196 valence electrons. The molecule has 0 aliphatic carbocycles. The number of carboxylic acid groups (broad SMARTS) is 1. The second-order valence-corrected chi connectivity index (χ2v) is 12.5. The van der Waals surface area contributed by atoms with Gasteiger partial charge in [-0.3, -0.25) is 9.59 Å². The lowest BCUT2D eigenvalue weighted by Crippen LogP contribution is -2.56. The van der Waals surface area contributed by atoms with E-state index in [9.17, 15) is 27.5 Å². The van der Waals surface area contributed by atoms with Crippen LogP contribution in [0.25, 0.3) is 0 Å². The zero-order chi connectivity index (χ0) is 26.8. The van der Waals surface area contributed by atoms with Gasteiger partial charge in [-0.1, -0.05) is 42.3 Å². The fraction of sp³-hybridized carbons (Fsp3) is 0.440. The molecule has 0 bridgehead atoms. The van der Waals surface area contributed by atoms with Crippen molar-refractivity contribution in [3.05, 3.63) is 69.5 Å². The molecule has 0 radical (unpaired) electrons. The number of morpholine rings is 1. The van der Waals surface area contributed by atoms with Gasteiger partial charge in [-0.25, -0.2) is 12.8 Å². The van der Waals surface area contributed by atoms with Gasteiger partial charge in [0.15, 0.2) is 9.84 Å². The second kappa shape index (κ2) is 11.5. The van der Waals surface area contributed by atoms with Crippen LogP contribution >= 0.6 is 23.2 Å². The van der Waals surface area contributed by atoms with Crippen LogP contribution in [-0.4, -0.2) is 53.4 Å². The molecular formula is C25H28Cl2FNO6S. The maximum absolute atomic E-state index is 14.4. The number of carbonyl (C=O) groups excluding carboxylic acids is 1. The molecule has 1 fully saturated rings. The van der Waals surface area contributed by atoms with E-state index in [0.29, 0.717) is 10.6 Å². The molecule has 2 aromatic rings. The Kier molecular flexibility index (Phi) is 9.03. The van der Waals surface area contributed by atoms with Gasteiger partial charge in [-0.15, -0.1) is 0 Å². The number of halogens is 3. The molecule has 2 unspecified atom stereocenters. The van der Waals surface area contributed by atoms with E-state index in [-0.39, 0.29) is 22.8 Å². The van der Waals surface area contributed by atoms with Crippen molar-refractivity contribution >= 4 is 44.9 Å². The van der Waals surface area contributed by atoms with E-state index in [1.165, 1.54) is 17.0 Å². The maximum Gasteiger partial charge on any atom is 0.306 e. The molecule has 1 heterocycles. The van der Waals surface area contributed by atoms with Gasteiger partial charge < -0.3 is 14.7 Å². The molecule has 2 aromatic carbocycles. The number of carbonyl (C=O) groups is 2. The largest absolute Gasteiger partial charge is 0.481 e. The highest BCUT2D eigenvalue weighted by atomic mass is 35.5. The van der Waals surface area contributed by atoms with Crippen LogP contribution in [0.1, 0.15) is 56.9 Å². The fourth-order valence-electron chi connectivity index (χ4n) is 4.31. The summed E-state index contributed by atoms with van der Waals surface area (Å²) < 4.78 is 46.2. The standard InChI is InChI=1S/C25H28Cl2FNO6S/c1-4-20(13-36(33,34)14(2)3)29-23(15-5-7-17(26)8-6-15)24(16-9-18(27)11-19(28)10-16)35-21(25(29)32)12-22(30)31/h5-11,14,20-21,23-24H,4,12-13H2,1-3H3,(H,30,31)/t20?,21-,23?,24-/m1/s1. The van der Waals surface area contributed by atoms with Crippen molar-refractivity contribution in [1.29, 1.82) is 0 Å². The molecule has 0 saturated carbocycles. The molecule has 4 atom stereocenters. The first kappa shape index (κ1) is 28.4. The maximum atomic E-state index is 14.4. The summed E-state index contributed by atoms with van der Waals surface area (Å²) in [5, 5.41) is 9.30. The topological polar surface area (TPSA) is 101 Å². The summed E-state index contributed by atoms with van der Waals surface area (Å²) in [7, 11) is -3.58. The number of nitrogens with zero attached hydrogens (tertiary/aromatic N) is 1. The molecule has 11 heteroatoms. The van der Waals surface area contributed by atoms with Crippen LogP contribution in [0, 0.1) is 5.82 Å². The van der Waals surface area contributed by atoms with Crippen LogP contribution in [-0.2, 0) is 24.2 Å². The lowest BCUT2D eigenvalue weighted by Gasteiger charge is -2.48. The highest BCUT2D eigenvalue weighted by molar-refractivity contribution is 7.92. The van der Waals surface area contributed by atoms with Gasteiger partial charge in [-0.05, 0) is 61.7 Å². The minimum Gasteiger partial charge on any atom is -0.481 e. The van der Waals surface area contributed by atoms with Crippen molar-refractivity contribution in [2.45, 2.75) is 63.2 Å². The number of benzene rings is 2. The lowest BCUT2D eigenvalue weighted by molar-refractivity contribution is -0.182. The average molecular weight is 560 g/mol. The number of amides is 1. The molecule has 3 rings (SSSR count). The van der Waals surface area contributed by atoms with Gasteiger partial charge in [0.1, 0.15) is 18.0 Å². The predicted octanol–water partition coefficient (Wildman–Crippen LogP) is 5.22. The lowest BCUT2D eigenvalue weighted by atomic mass is 9.89. The number of hydrogen-bond donors (Lipinski definition) is 1. The van der Waals surface area contributed by atoms with E-state index >= 15 is 0 Å². The summed E-state index contributed by atoms with van der Waals surface area (Å²) in [6, 6.07) is 8.69. The molecule has 1 aliphatic heterocycles. The Bertz CT molecular complexity index is 1200. The third-order valence-electron chi connectivity index (χ3n) is 6.22. The summed E-state index contributed by atoms with van der Waals surface area (Å²) in [6.07, 6.45) is -2.81. The van der Waals surface area contributed by atoms with Gasteiger partial charge in [-0.2, -0.15) is 0 Å². The number of carboxylic acids is 1. The van der Waals surface area contributed by atoms with Crippen molar-refractivity contribution < 1.29 is 32.2 Å². The van der Waals surface area contributed by atoms with Crippen LogP contribution in [0.2, 0.25) is 10.0 Å². The summed E-state index contributed by atoms with van der Waals surface area (Å²) >= 11 is 12.2. The Morgan fingerprint density at radius 1 is 1.11 bits per heavy atom. The molecule has 36 heavy (non-hydrogen) atoms. The summed E-state index contributed by atoms with van der Waals surface area (Å²) in [4.78, 5) is 26.7. The van der Waals surface area contributed by atoms with E-state index in [1.807, 2.05) is 0 Å². The Balaban J connectivity index is 2.23. The zero-order valence-corrected chi connectivity index (χ0v) is 22.4. The van der Waals surface area contributed by atoms with Crippen molar-refractivity contribution in [3.63, 3.8) is 0 Å². The first-order valence-corrected chi connectivity index (χ1v) is 13.9. The van der Waals surface area contributed by atoms with Crippen LogP contribution in [0.5, 0.6) is 0 Å². The fourth-order valence-corrected chi connectivity index (χ4v) is 5.98. The van der Waals surface area contributed by atoms with Gasteiger partial charge in [0.05, 0.1) is 23.5 Å². The van der Waals surface area contributed by atoms with E-state index in [2.05, 4.69) is 0 Å². The Hall–Kier alpha value is -2.20. The molecule has 0 aromatic heterocycles. The monoisotopic (exact) mass is 559 g/mol. The van der Waals surface area contributed by atoms with Gasteiger partial charge in [0, 0.05) is 16.1 Å². The molecule has 1 N–H and O–H groups in total. The second-order valence-electron chi connectivity index (χ2n) is 9.03. The highest BCUT2D eigenvalue weighted by Gasteiger charge is 2.48. The van der Waals surface area contributed by atoms with Crippen molar-refractivity contribution in [3.8, 4) is 0 Å². The Labute approximate surface area is 220 Å². The van der Waals surface area contributed by atoms with Crippen molar-refractivity contribution in [1.82, 2.24) is 4.90 Å². The molecule has 1 amide bonds. The minimum atomic E-state index is -3.58. The van der Waals surface area contributed by atoms with E-state index in [0.717, 1.165) is 6.07 Å². The van der Waals surface area contributed by atoms with Crippen molar-refractivity contribution in [2.75, 3.05) is 5.75 Å². The van der Waals surface area contributed by atoms with E-state index in [1.54, 1.807) is 45.0 Å². The number of aliphatic carboxylic acids is 1. The average Bonchev–Trinajstić information content (AvgIpc) is 2.78. The molecule has 1 saturated heterocycles. The van der Waals surface area contributed by atoms with Gasteiger partial charge in [0.2, 0.25) is 0 Å². The number of hydrogen-bond acceptors (Lipinski definition) is 5. The minimum absolute atomic E-state index is 0.0936. The Morgan fingerprint density at radius 2 is 1.75 bits per heavy atom. The van der Waals surface area contributed by atoms with Gasteiger partial charge in [0.25, 0.3) is 5.91 Å². The quantitative estimate of drug-likeness (QED) is 0.452. The third-order valence-corrected chi connectivity index (χ3v) is 8.98. The predicted molar refractivity (Wildman–Crippen MR) is 135 cm³/mol. The molecular weight excluding hydrogens is 532 g/mol. The number of rotatable bonds is 9. The van der Waals surface area contributed by atoms with Crippen LogP contribution < -0.4 is 0 Å². The molecule has 1 aliphatic rings. The molecule has 0 spiro atoms.